The minimum atomic E-state index is 0.400. The van der Waals surface area contributed by atoms with Crippen LogP contribution >= 0.6 is 27.5 Å². The Morgan fingerprint density at radius 2 is 2.16 bits per heavy atom. The molecule has 0 amide bonds. The number of aromatic nitrogens is 2. The molecule has 1 aromatic carbocycles. The zero-order valence-corrected chi connectivity index (χ0v) is 13.0. The van der Waals surface area contributed by atoms with Crippen molar-refractivity contribution in [2.24, 2.45) is 7.05 Å². The van der Waals surface area contributed by atoms with E-state index in [-0.39, 0.29) is 0 Å². The van der Waals surface area contributed by atoms with E-state index in [0.29, 0.717) is 28.5 Å². The van der Waals surface area contributed by atoms with Gasteiger partial charge in [0.05, 0.1) is 18.3 Å². The summed E-state index contributed by atoms with van der Waals surface area (Å²) in [5.41, 5.74) is 2.01. The maximum atomic E-state index is 6.22. The second-order valence-corrected chi connectivity index (χ2v) is 5.02. The Morgan fingerprint density at radius 3 is 2.74 bits per heavy atom. The summed E-state index contributed by atoms with van der Waals surface area (Å²) in [5, 5.41) is 5.34. The van der Waals surface area contributed by atoms with E-state index in [1.54, 1.807) is 18.0 Å². The fourth-order valence-electron chi connectivity index (χ4n) is 1.69. The first kappa shape index (κ1) is 14.2. The fraction of sp³-hybridized carbons (Fsp3) is 0.308. The third-order valence-corrected chi connectivity index (χ3v) is 3.51. The van der Waals surface area contributed by atoms with Crippen LogP contribution in [0.15, 0.2) is 24.5 Å². The number of aryl methyl sites for hydroxylation is 1. The van der Waals surface area contributed by atoms with Crippen molar-refractivity contribution in [3.8, 4) is 11.5 Å². The van der Waals surface area contributed by atoms with Crippen LogP contribution in [0, 0.1) is 0 Å². The highest BCUT2D eigenvalue weighted by Gasteiger charge is 2.12. The first-order chi connectivity index (χ1) is 9.13. The van der Waals surface area contributed by atoms with Gasteiger partial charge in [0.2, 0.25) is 0 Å². The Hall–Kier alpha value is -1.20. The van der Waals surface area contributed by atoms with Crippen LogP contribution in [0.5, 0.6) is 11.5 Å². The Kier molecular flexibility index (Phi) is 4.71. The van der Waals surface area contributed by atoms with Gasteiger partial charge in [-0.1, -0.05) is 27.5 Å². The van der Waals surface area contributed by atoms with E-state index in [1.807, 2.05) is 25.4 Å². The molecule has 2 aromatic rings. The molecular weight excluding hydrogens is 332 g/mol. The molecule has 0 unspecified atom stereocenters. The molecule has 2 rings (SSSR count). The molecule has 0 saturated heterocycles. The zero-order valence-electron chi connectivity index (χ0n) is 10.7. The van der Waals surface area contributed by atoms with Crippen LogP contribution in [-0.4, -0.2) is 16.9 Å². The lowest BCUT2D eigenvalue weighted by Gasteiger charge is -2.13. The Balaban J connectivity index is 2.19. The van der Waals surface area contributed by atoms with Gasteiger partial charge < -0.3 is 9.47 Å². The highest BCUT2D eigenvalue weighted by molar-refractivity contribution is 9.08. The molecule has 0 saturated carbocycles. The van der Waals surface area contributed by atoms with Crippen LogP contribution in [0.2, 0.25) is 5.02 Å². The van der Waals surface area contributed by atoms with Gasteiger partial charge in [0, 0.05) is 24.1 Å². The van der Waals surface area contributed by atoms with Gasteiger partial charge in [0.15, 0.2) is 11.5 Å². The third-order valence-electron chi connectivity index (χ3n) is 2.59. The summed E-state index contributed by atoms with van der Waals surface area (Å²) in [6, 6.07) is 3.76. The highest BCUT2D eigenvalue weighted by Crippen LogP contribution is 2.37. The number of alkyl halides is 1. The molecular formula is C13H14BrClN2O2. The lowest BCUT2D eigenvalue weighted by Crippen LogP contribution is -1.98. The lowest BCUT2D eigenvalue weighted by atomic mass is 10.2. The van der Waals surface area contributed by atoms with Crippen molar-refractivity contribution in [2.75, 3.05) is 7.11 Å². The minimum absolute atomic E-state index is 0.400. The third kappa shape index (κ3) is 3.42. The number of methoxy groups -OCH3 is 1. The molecule has 0 N–H and O–H groups in total. The molecule has 0 fully saturated rings. The van der Waals surface area contributed by atoms with Gasteiger partial charge >= 0.3 is 0 Å². The summed E-state index contributed by atoms with van der Waals surface area (Å²) in [7, 11) is 3.46. The van der Waals surface area contributed by atoms with Gasteiger partial charge in [-0.15, -0.1) is 0 Å². The van der Waals surface area contributed by atoms with Crippen molar-refractivity contribution >= 4 is 27.5 Å². The summed E-state index contributed by atoms with van der Waals surface area (Å²) in [5.74, 6) is 1.18. The molecule has 102 valence electrons. The summed E-state index contributed by atoms with van der Waals surface area (Å²) >= 11 is 9.61. The summed E-state index contributed by atoms with van der Waals surface area (Å²) in [6.07, 6.45) is 3.65. The first-order valence-electron chi connectivity index (χ1n) is 5.66. The van der Waals surface area contributed by atoms with Crippen LogP contribution in [0.3, 0.4) is 0 Å². The SMILES string of the molecule is COc1cc(CBr)cc(Cl)c1OCc1cnn(C)c1. The zero-order chi connectivity index (χ0) is 13.8. The van der Waals surface area contributed by atoms with Gasteiger partial charge in [0.25, 0.3) is 0 Å². The fourth-order valence-corrected chi connectivity index (χ4v) is 2.30. The van der Waals surface area contributed by atoms with Gasteiger partial charge in [-0.05, 0) is 17.7 Å². The molecule has 0 aliphatic heterocycles. The molecule has 1 aromatic heterocycles. The number of nitrogens with zero attached hydrogens (tertiary/aromatic N) is 2. The molecule has 19 heavy (non-hydrogen) atoms. The van der Waals surface area contributed by atoms with E-state index >= 15 is 0 Å². The molecule has 1 heterocycles. The van der Waals surface area contributed by atoms with E-state index in [4.69, 9.17) is 21.1 Å². The van der Waals surface area contributed by atoms with Crippen molar-refractivity contribution in [3.63, 3.8) is 0 Å². The number of hydrogen-bond acceptors (Lipinski definition) is 3. The monoisotopic (exact) mass is 344 g/mol. The predicted molar refractivity (Wildman–Crippen MR) is 78.2 cm³/mol. The topological polar surface area (TPSA) is 36.3 Å². The van der Waals surface area contributed by atoms with E-state index < -0.39 is 0 Å². The average Bonchev–Trinajstić information content (AvgIpc) is 2.82. The number of ether oxygens (including phenoxy) is 2. The van der Waals surface area contributed by atoms with E-state index in [9.17, 15) is 0 Å². The molecule has 6 heteroatoms. The van der Waals surface area contributed by atoms with Crippen molar-refractivity contribution in [3.05, 3.63) is 40.7 Å². The van der Waals surface area contributed by atoms with Gasteiger partial charge in [-0.25, -0.2) is 0 Å². The van der Waals surface area contributed by atoms with Crippen molar-refractivity contribution in [1.82, 2.24) is 9.78 Å². The van der Waals surface area contributed by atoms with Crippen molar-refractivity contribution in [2.45, 2.75) is 11.9 Å². The summed E-state index contributed by atoms with van der Waals surface area (Å²) in [4.78, 5) is 0. The molecule has 0 aliphatic rings. The smallest absolute Gasteiger partial charge is 0.180 e. The minimum Gasteiger partial charge on any atom is -0.493 e. The first-order valence-corrected chi connectivity index (χ1v) is 7.16. The quantitative estimate of drug-likeness (QED) is 0.778. The number of hydrogen-bond donors (Lipinski definition) is 0. The molecule has 0 aliphatic carbocycles. The molecule has 4 nitrogen and oxygen atoms in total. The normalized spacial score (nSPS) is 10.5. The van der Waals surface area contributed by atoms with E-state index in [0.717, 1.165) is 11.1 Å². The summed E-state index contributed by atoms with van der Waals surface area (Å²) in [6.45, 7) is 0.400. The van der Waals surface area contributed by atoms with Gasteiger partial charge in [-0.2, -0.15) is 5.10 Å². The van der Waals surface area contributed by atoms with Crippen LogP contribution in [0.25, 0.3) is 0 Å². The number of halogens is 2. The Labute approximate surface area is 125 Å². The molecule has 0 spiro atoms. The van der Waals surface area contributed by atoms with Crippen LogP contribution < -0.4 is 9.47 Å². The van der Waals surface area contributed by atoms with Crippen molar-refractivity contribution < 1.29 is 9.47 Å². The maximum Gasteiger partial charge on any atom is 0.180 e. The maximum absolute atomic E-state index is 6.22. The van der Waals surface area contributed by atoms with Crippen LogP contribution in [-0.2, 0) is 19.0 Å². The van der Waals surface area contributed by atoms with Crippen LogP contribution in [0.1, 0.15) is 11.1 Å². The van der Waals surface area contributed by atoms with Crippen molar-refractivity contribution in [1.29, 1.82) is 0 Å². The average molecular weight is 346 g/mol. The second-order valence-electron chi connectivity index (χ2n) is 4.05. The molecule has 0 atom stereocenters. The highest BCUT2D eigenvalue weighted by atomic mass is 79.9. The summed E-state index contributed by atoms with van der Waals surface area (Å²) < 4.78 is 12.8. The predicted octanol–water partition coefficient (Wildman–Crippen LogP) is 3.56. The standard InChI is InChI=1S/C13H14BrClN2O2/c1-17-7-10(6-16-17)8-19-13-11(15)3-9(5-14)4-12(13)18-2/h3-4,6-7H,5,8H2,1-2H3. The lowest BCUT2D eigenvalue weighted by molar-refractivity contribution is 0.284. The largest absolute Gasteiger partial charge is 0.493 e. The number of rotatable bonds is 5. The second kappa shape index (κ2) is 6.30. The van der Waals surface area contributed by atoms with E-state index in [1.165, 1.54) is 0 Å². The van der Waals surface area contributed by atoms with E-state index in [2.05, 4.69) is 21.0 Å². The van der Waals surface area contributed by atoms with Gasteiger partial charge in [0.1, 0.15) is 6.61 Å². The molecule has 0 bridgehead atoms. The Morgan fingerprint density at radius 1 is 1.37 bits per heavy atom. The van der Waals surface area contributed by atoms with Crippen LogP contribution in [0.4, 0.5) is 0 Å². The number of benzene rings is 1. The molecule has 0 radical (unpaired) electrons. The Bertz CT molecular complexity index is 572. The van der Waals surface area contributed by atoms with Gasteiger partial charge in [-0.3, -0.25) is 4.68 Å².